The highest BCUT2D eigenvalue weighted by atomic mass is 16.5. The Labute approximate surface area is 69.4 Å². The molecule has 1 aliphatic carbocycles. The van der Waals surface area contributed by atoms with Gasteiger partial charge in [-0.2, -0.15) is 0 Å². The van der Waals surface area contributed by atoms with Gasteiger partial charge in [-0.3, -0.25) is 0 Å². The third-order valence-electron chi connectivity index (χ3n) is 1.77. The molecule has 1 heteroatoms. The number of hydrogen-bond donors (Lipinski definition) is 0. The molecule has 0 amide bonds. The molecule has 0 aromatic rings. The molecule has 0 heterocycles. The minimum absolute atomic E-state index is 0.0157. The number of allylic oxidation sites excluding steroid dienone is 1. The molecule has 1 aliphatic rings. The van der Waals surface area contributed by atoms with Gasteiger partial charge in [-0.1, -0.05) is 5.57 Å². The molecule has 0 unspecified atom stereocenters. The molecule has 1 fully saturated rings. The van der Waals surface area contributed by atoms with Gasteiger partial charge in [0.25, 0.3) is 0 Å². The summed E-state index contributed by atoms with van der Waals surface area (Å²) in [6.07, 6.45) is 1.58. The molecule has 0 aliphatic heterocycles. The first-order valence-electron chi connectivity index (χ1n) is 4.24. The molecule has 11 heavy (non-hydrogen) atoms. The zero-order chi connectivity index (χ0) is 8.65. The van der Waals surface area contributed by atoms with E-state index in [4.69, 9.17) is 4.74 Å². The van der Waals surface area contributed by atoms with Crippen LogP contribution in [0.15, 0.2) is 11.1 Å². The molecule has 1 rings (SSSR count). The molecule has 0 spiro atoms. The van der Waals surface area contributed by atoms with Gasteiger partial charge in [-0.25, -0.2) is 0 Å². The van der Waals surface area contributed by atoms with Crippen LogP contribution in [0.2, 0.25) is 0 Å². The van der Waals surface area contributed by atoms with E-state index in [0.717, 1.165) is 6.42 Å². The van der Waals surface area contributed by atoms with Gasteiger partial charge >= 0.3 is 0 Å². The fourth-order valence-corrected chi connectivity index (χ4v) is 1.21. The fourth-order valence-electron chi connectivity index (χ4n) is 1.21. The van der Waals surface area contributed by atoms with Crippen LogP contribution < -0.4 is 0 Å². The third-order valence-corrected chi connectivity index (χ3v) is 1.77. The summed E-state index contributed by atoms with van der Waals surface area (Å²) in [5, 5.41) is 0. The van der Waals surface area contributed by atoms with Crippen LogP contribution in [0.4, 0.5) is 0 Å². The normalized spacial score (nSPS) is 23.7. The van der Waals surface area contributed by atoms with Crippen molar-refractivity contribution >= 4 is 0 Å². The molecule has 1 atom stereocenters. The van der Waals surface area contributed by atoms with Gasteiger partial charge in [0.2, 0.25) is 0 Å². The van der Waals surface area contributed by atoms with Crippen LogP contribution in [-0.2, 0) is 4.74 Å². The van der Waals surface area contributed by atoms with Gasteiger partial charge in [0, 0.05) is 6.42 Å². The number of ether oxygens (including phenoxy) is 1. The van der Waals surface area contributed by atoms with Gasteiger partial charge in [0.15, 0.2) is 0 Å². The SMILES string of the molecule is CC(C)=C1C[C@@H]1OC(C)(C)C. The lowest BCUT2D eigenvalue weighted by Gasteiger charge is -2.18. The summed E-state index contributed by atoms with van der Waals surface area (Å²) in [4.78, 5) is 0. The van der Waals surface area contributed by atoms with Crippen LogP contribution >= 0.6 is 0 Å². The maximum Gasteiger partial charge on any atom is 0.0833 e. The predicted octanol–water partition coefficient (Wildman–Crippen LogP) is 2.91. The zero-order valence-corrected chi connectivity index (χ0v) is 8.19. The first-order chi connectivity index (χ1) is 4.90. The van der Waals surface area contributed by atoms with Crippen molar-refractivity contribution in [1.82, 2.24) is 0 Å². The quantitative estimate of drug-likeness (QED) is 0.528. The molecule has 1 saturated carbocycles. The summed E-state index contributed by atoms with van der Waals surface area (Å²) in [6.45, 7) is 10.6. The standard InChI is InChI=1S/C10H18O/c1-7(2)8-6-9(8)11-10(3,4)5/h9H,6H2,1-5H3/t9-/m0/s1. The molecule has 64 valence electrons. The van der Waals surface area contributed by atoms with Crippen molar-refractivity contribution < 1.29 is 4.74 Å². The Balaban J connectivity index is 2.41. The van der Waals surface area contributed by atoms with E-state index in [2.05, 4.69) is 34.6 Å². The van der Waals surface area contributed by atoms with Crippen molar-refractivity contribution in [2.45, 2.75) is 52.7 Å². The highest BCUT2D eigenvalue weighted by Crippen LogP contribution is 2.38. The Morgan fingerprint density at radius 2 is 1.91 bits per heavy atom. The Hall–Kier alpha value is -0.300. The fraction of sp³-hybridized carbons (Fsp3) is 0.800. The molecule has 1 nitrogen and oxygen atoms in total. The zero-order valence-electron chi connectivity index (χ0n) is 8.19. The minimum Gasteiger partial charge on any atom is -0.368 e. The van der Waals surface area contributed by atoms with Gasteiger partial charge < -0.3 is 4.74 Å². The largest absolute Gasteiger partial charge is 0.368 e. The topological polar surface area (TPSA) is 9.23 Å². The summed E-state index contributed by atoms with van der Waals surface area (Å²) in [7, 11) is 0. The second kappa shape index (κ2) is 2.63. The van der Waals surface area contributed by atoms with E-state index in [9.17, 15) is 0 Å². The molecule has 0 aromatic carbocycles. The molecular weight excluding hydrogens is 136 g/mol. The van der Waals surface area contributed by atoms with Gasteiger partial charge in [-0.05, 0) is 40.2 Å². The average molecular weight is 154 g/mol. The Bertz CT molecular complexity index is 180. The molecule has 0 radical (unpaired) electrons. The molecule has 0 bridgehead atoms. The predicted molar refractivity (Wildman–Crippen MR) is 47.6 cm³/mol. The van der Waals surface area contributed by atoms with Gasteiger partial charge in [0.05, 0.1) is 11.7 Å². The highest BCUT2D eigenvalue weighted by molar-refractivity contribution is 5.30. The minimum atomic E-state index is 0.0157. The van der Waals surface area contributed by atoms with Crippen LogP contribution in [0.25, 0.3) is 0 Å². The lowest BCUT2D eigenvalue weighted by Crippen LogP contribution is -2.20. The van der Waals surface area contributed by atoms with E-state index in [0.29, 0.717) is 6.10 Å². The monoisotopic (exact) mass is 154 g/mol. The summed E-state index contributed by atoms with van der Waals surface area (Å²) in [6, 6.07) is 0. The molecule has 0 saturated heterocycles. The summed E-state index contributed by atoms with van der Waals surface area (Å²) in [5.74, 6) is 0. The van der Waals surface area contributed by atoms with E-state index in [1.54, 1.807) is 0 Å². The van der Waals surface area contributed by atoms with Crippen LogP contribution in [0.5, 0.6) is 0 Å². The van der Waals surface area contributed by atoms with Crippen molar-refractivity contribution in [2.75, 3.05) is 0 Å². The Morgan fingerprint density at radius 3 is 2.18 bits per heavy atom. The molecular formula is C10H18O. The van der Waals surface area contributed by atoms with E-state index < -0.39 is 0 Å². The second-order valence-corrected chi connectivity index (χ2v) is 4.45. The lowest BCUT2D eigenvalue weighted by molar-refractivity contribution is -0.00971. The van der Waals surface area contributed by atoms with Crippen LogP contribution in [-0.4, -0.2) is 11.7 Å². The third kappa shape index (κ3) is 2.66. The van der Waals surface area contributed by atoms with Crippen molar-refractivity contribution in [3.63, 3.8) is 0 Å². The highest BCUT2D eigenvalue weighted by Gasteiger charge is 2.34. The van der Waals surface area contributed by atoms with Crippen molar-refractivity contribution in [1.29, 1.82) is 0 Å². The first-order valence-corrected chi connectivity index (χ1v) is 4.24. The average Bonchev–Trinajstić information content (AvgIpc) is 2.40. The number of rotatable bonds is 1. The Morgan fingerprint density at radius 1 is 1.36 bits per heavy atom. The van der Waals surface area contributed by atoms with Gasteiger partial charge in [-0.15, -0.1) is 0 Å². The van der Waals surface area contributed by atoms with Crippen molar-refractivity contribution in [3.8, 4) is 0 Å². The lowest BCUT2D eigenvalue weighted by atomic mass is 10.2. The van der Waals surface area contributed by atoms with Gasteiger partial charge in [0.1, 0.15) is 0 Å². The van der Waals surface area contributed by atoms with E-state index in [1.165, 1.54) is 11.1 Å². The summed E-state index contributed by atoms with van der Waals surface area (Å²) in [5.41, 5.74) is 2.95. The van der Waals surface area contributed by atoms with Crippen molar-refractivity contribution in [3.05, 3.63) is 11.1 Å². The second-order valence-electron chi connectivity index (χ2n) is 4.45. The summed E-state index contributed by atoms with van der Waals surface area (Å²) < 4.78 is 5.76. The Kier molecular flexibility index (Phi) is 2.10. The number of hydrogen-bond acceptors (Lipinski definition) is 1. The molecule has 0 N–H and O–H groups in total. The molecule has 0 aromatic heterocycles. The smallest absolute Gasteiger partial charge is 0.0833 e. The van der Waals surface area contributed by atoms with Crippen molar-refractivity contribution in [2.24, 2.45) is 0 Å². The van der Waals surface area contributed by atoms with E-state index in [1.807, 2.05) is 0 Å². The van der Waals surface area contributed by atoms with E-state index in [-0.39, 0.29) is 5.60 Å². The van der Waals surface area contributed by atoms with Crippen LogP contribution in [0, 0.1) is 0 Å². The van der Waals surface area contributed by atoms with Crippen LogP contribution in [0.3, 0.4) is 0 Å². The maximum atomic E-state index is 5.76. The first kappa shape index (κ1) is 8.79. The summed E-state index contributed by atoms with van der Waals surface area (Å²) >= 11 is 0. The maximum absolute atomic E-state index is 5.76. The van der Waals surface area contributed by atoms with Crippen LogP contribution in [0.1, 0.15) is 41.0 Å². The van der Waals surface area contributed by atoms with E-state index >= 15 is 0 Å².